The van der Waals surface area contributed by atoms with Gasteiger partial charge in [-0.2, -0.15) is 0 Å². The summed E-state index contributed by atoms with van der Waals surface area (Å²) >= 11 is 5.95. The summed E-state index contributed by atoms with van der Waals surface area (Å²) in [5, 5.41) is 17.1. The summed E-state index contributed by atoms with van der Waals surface area (Å²) in [5.41, 5.74) is 1.18. The van der Waals surface area contributed by atoms with E-state index in [1.165, 1.54) is 5.56 Å². The van der Waals surface area contributed by atoms with Crippen LogP contribution in [0.5, 0.6) is 0 Å². The molecule has 1 atom stereocenters. The van der Waals surface area contributed by atoms with Crippen molar-refractivity contribution in [2.45, 2.75) is 45.3 Å². The minimum atomic E-state index is -0.104. The number of aliphatic imine (C=N–C) groups is 1. The molecular formula is C19H32ClIN4O. The number of likely N-dealkylation sites (tertiary alicyclic amines) is 1. The Labute approximate surface area is 179 Å². The van der Waals surface area contributed by atoms with Crippen LogP contribution in [0.4, 0.5) is 0 Å². The van der Waals surface area contributed by atoms with Crippen molar-refractivity contribution in [1.29, 1.82) is 0 Å². The molecule has 1 saturated heterocycles. The smallest absolute Gasteiger partial charge is 0.191 e. The second-order valence-electron chi connectivity index (χ2n) is 6.60. The first-order valence-corrected chi connectivity index (χ1v) is 9.67. The number of nitrogens with one attached hydrogen (secondary N) is 2. The zero-order chi connectivity index (χ0) is 18.1. The SMILES string of the molecule is CCNC(=NCCCN1CCC(O)CC1)NC(C)c1ccc(Cl)cc1.I. The number of piperidine rings is 1. The summed E-state index contributed by atoms with van der Waals surface area (Å²) in [6.07, 6.45) is 2.72. The number of guanidine groups is 1. The Morgan fingerprint density at radius 1 is 1.31 bits per heavy atom. The molecule has 0 spiro atoms. The van der Waals surface area contributed by atoms with Crippen molar-refractivity contribution in [1.82, 2.24) is 15.5 Å². The van der Waals surface area contributed by atoms with Gasteiger partial charge in [-0.1, -0.05) is 23.7 Å². The average molecular weight is 495 g/mol. The first kappa shape index (κ1) is 23.5. The van der Waals surface area contributed by atoms with E-state index in [2.05, 4.69) is 34.4 Å². The Morgan fingerprint density at radius 2 is 1.96 bits per heavy atom. The molecule has 0 amide bonds. The van der Waals surface area contributed by atoms with Crippen molar-refractivity contribution in [3.05, 3.63) is 34.9 Å². The van der Waals surface area contributed by atoms with E-state index in [0.29, 0.717) is 0 Å². The highest BCUT2D eigenvalue weighted by atomic mass is 127. The number of halogens is 2. The van der Waals surface area contributed by atoms with Gasteiger partial charge in [-0.15, -0.1) is 24.0 Å². The van der Waals surface area contributed by atoms with E-state index >= 15 is 0 Å². The highest BCUT2D eigenvalue weighted by Gasteiger charge is 2.16. The fourth-order valence-corrected chi connectivity index (χ4v) is 3.11. The van der Waals surface area contributed by atoms with Gasteiger partial charge in [-0.25, -0.2) is 0 Å². The number of aliphatic hydroxyl groups is 1. The molecule has 1 aromatic rings. The summed E-state index contributed by atoms with van der Waals surface area (Å²) in [7, 11) is 0. The molecule has 1 aliphatic rings. The lowest BCUT2D eigenvalue weighted by Gasteiger charge is -2.29. The van der Waals surface area contributed by atoms with Gasteiger partial charge in [0.15, 0.2) is 5.96 Å². The molecule has 26 heavy (non-hydrogen) atoms. The molecule has 1 heterocycles. The number of hydrogen-bond donors (Lipinski definition) is 3. The number of rotatable bonds is 7. The minimum absolute atomic E-state index is 0. The fourth-order valence-electron chi connectivity index (χ4n) is 2.99. The molecule has 0 radical (unpaired) electrons. The van der Waals surface area contributed by atoms with Gasteiger partial charge < -0.3 is 20.6 Å². The van der Waals surface area contributed by atoms with Crippen LogP contribution < -0.4 is 10.6 Å². The van der Waals surface area contributed by atoms with Gasteiger partial charge in [-0.05, 0) is 57.4 Å². The van der Waals surface area contributed by atoms with E-state index in [9.17, 15) is 5.11 Å². The molecule has 5 nitrogen and oxygen atoms in total. The van der Waals surface area contributed by atoms with Gasteiger partial charge in [0, 0.05) is 31.2 Å². The molecule has 2 rings (SSSR count). The third-order valence-corrected chi connectivity index (χ3v) is 4.78. The second kappa shape index (κ2) is 12.8. The normalized spacial score (nSPS) is 17.5. The van der Waals surface area contributed by atoms with Crippen molar-refractivity contribution >= 4 is 41.5 Å². The van der Waals surface area contributed by atoms with Gasteiger partial charge in [-0.3, -0.25) is 4.99 Å². The highest BCUT2D eigenvalue weighted by molar-refractivity contribution is 14.0. The predicted octanol–water partition coefficient (Wildman–Crippen LogP) is 3.42. The lowest BCUT2D eigenvalue weighted by molar-refractivity contribution is 0.0824. The summed E-state index contributed by atoms with van der Waals surface area (Å²) in [4.78, 5) is 7.10. The van der Waals surface area contributed by atoms with Gasteiger partial charge in [0.2, 0.25) is 0 Å². The maximum atomic E-state index is 9.55. The molecule has 0 saturated carbocycles. The molecule has 148 valence electrons. The van der Waals surface area contributed by atoms with Crippen LogP contribution in [0, 0.1) is 0 Å². The van der Waals surface area contributed by atoms with E-state index < -0.39 is 0 Å². The van der Waals surface area contributed by atoms with Crippen LogP contribution in [0.25, 0.3) is 0 Å². The second-order valence-corrected chi connectivity index (χ2v) is 7.04. The summed E-state index contributed by atoms with van der Waals surface area (Å²) < 4.78 is 0. The zero-order valence-corrected chi connectivity index (χ0v) is 18.8. The number of nitrogens with zero attached hydrogens (tertiary/aromatic N) is 2. The van der Waals surface area contributed by atoms with E-state index in [1.807, 2.05) is 24.3 Å². The lowest BCUT2D eigenvalue weighted by Crippen LogP contribution is -2.39. The maximum Gasteiger partial charge on any atom is 0.191 e. The van der Waals surface area contributed by atoms with Crippen molar-refractivity contribution < 1.29 is 5.11 Å². The van der Waals surface area contributed by atoms with Crippen LogP contribution in [0.2, 0.25) is 5.02 Å². The largest absolute Gasteiger partial charge is 0.393 e. The van der Waals surface area contributed by atoms with E-state index in [-0.39, 0.29) is 36.1 Å². The molecule has 0 bridgehead atoms. The van der Waals surface area contributed by atoms with E-state index in [4.69, 9.17) is 11.6 Å². The Hall–Kier alpha value is -0.570. The predicted molar refractivity (Wildman–Crippen MR) is 121 cm³/mol. The highest BCUT2D eigenvalue weighted by Crippen LogP contribution is 2.16. The number of aliphatic hydroxyl groups excluding tert-OH is 1. The standard InChI is InChI=1S/C19H31ClN4O.HI/c1-3-21-19(23-15(2)16-5-7-17(20)8-6-16)22-11-4-12-24-13-9-18(25)10-14-24;/h5-8,15,18,25H,3-4,9-14H2,1-2H3,(H2,21,22,23);1H. The van der Waals surface area contributed by atoms with E-state index in [0.717, 1.165) is 63.0 Å². The van der Waals surface area contributed by atoms with Crippen LogP contribution in [0.3, 0.4) is 0 Å². The average Bonchev–Trinajstić information content (AvgIpc) is 2.61. The maximum absolute atomic E-state index is 9.55. The Kier molecular flexibility index (Phi) is 11.5. The van der Waals surface area contributed by atoms with Crippen LogP contribution >= 0.6 is 35.6 Å². The summed E-state index contributed by atoms with van der Waals surface area (Å²) in [6, 6.07) is 8.06. The molecule has 1 aromatic carbocycles. The summed E-state index contributed by atoms with van der Waals surface area (Å²) in [6.45, 7) is 8.86. The van der Waals surface area contributed by atoms with Crippen molar-refractivity contribution in [2.24, 2.45) is 4.99 Å². The Balaban J connectivity index is 0.00000338. The van der Waals surface area contributed by atoms with Gasteiger partial charge in [0.25, 0.3) is 0 Å². The first-order valence-electron chi connectivity index (χ1n) is 9.29. The third kappa shape index (κ3) is 8.41. The monoisotopic (exact) mass is 494 g/mol. The van der Waals surface area contributed by atoms with Crippen molar-refractivity contribution in [3.8, 4) is 0 Å². The molecule has 1 aliphatic heterocycles. The topological polar surface area (TPSA) is 59.9 Å². The van der Waals surface area contributed by atoms with Crippen molar-refractivity contribution in [3.63, 3.8) is 0 Å². The quantitative estimate of drug-likeness (QED) is 0.235. The summed E-state index contributed by atoms with van der Waals surface area (Å²) in [5.74, 6) is 0.846. The molecule has 7 heteroatoms. The molecule has 0 aromatic heterocycles. The van der Waals surface area contributed by atoms with Crippen LogP contribution in [0.1, 0.15) is 44.7 Å². The Bertz CT molecular complexity index is 533. The Morgan fingerprint density at radius 3 is 2.58 bits per heavy atom. The fraction of sp³-hybridized carbons (Fsp3) is 0.632. The zero-order valence-electron chi connectivity index (χ0n) is 15.7. The molecule has 0 aliphatic carbocycles. The van der Waals surface area contributed by atoms with Crippen molar-refractivity contribution in [2.75, 3.05) is 32.7 Å². The van der Waals surface area contributed by atoms with Gasteiger partial charge in [0.1, 0.15) is 0 Å². The number of hydrogen-bond acceptors (Lipinski definition) is 3. The third-order valence-electron chi connectivity index (χ3n) is 4.53. The van der Waals surface area contributed by atoms with Crippen LogP contribution in [-0.2, 0) is 0 Å². The van der Waals surface area contributed by atoms with Gasteiger partial charge >= 0.3 is 0 Å². The van der Waals surface area contributed by atoms with E-state index in [1.54, 1.807) is 0 Å². The van der Waals surface area contributed by atoms with Gasteiger partial charge in [0.05, 0.1) is 12.1 Å². The van der Waals surface area contributed by atoms with Crippen LogP contribution in [-0.4, -0.2) is 54.8 Å². The minimum Gasteiger partial charge on any atom is -0.393 e. The molecule has 1 unspecified atom stereocenters. The first-order chi connectivity index (χ1) is 12.1. The number of benzene rings is 1. The van der Waals surface area contributed by atoms with Crippen LogP contribution in [0.15, 0.2) is 29.3 Å². The molecule has 3 N–H and O–H groups in total. The molecular weight excluding hydrogens is 463 g/mol. The molecule has 1 fully saturated rings. The lowest BCUT2D eigenvalue weighted by atomic mass is 10.1.